The number of likely N-dealkylation sites (N-methyl/N-ethyl adjacent to an activating group) is 1. The largest absolute Gasteiger partial charge is 0.328 e. The third kappa shape index (κ3) is 3.06. The highest BCUT2D eigenvalue weighted by molar-refractivity contribution is 7.16. The van der Waals surface area contributed by atoms with Crippen LogP contribution in [0, 0.1) is 0 Å². The lowest BCUT2D eigenvalue weighted by Crippen LogP contribution is -2.33. The van der Waals surface area contributed by atoms with Gasteiger partial charge in [-0.2, -0.15) is 0 Å². The Bertz CT molecular complexity index is 666. The first-order chi connectivity index (χ1) is 10.1. The molecule has 110 valence electrons. The van der Waals surface area contributed by atoms with Gasteiger partial charge in [-0.05, 0) is 7.05 Å². The molecule has 1 aliphatic rings. The van der Waals surface area contributed by atoms with Crippen molar-refractivity contribution < 1.29 is 9.59 Å². The van der Waals surface area contributed by atoms with Crippen molar-refractivity contribution in [1.82, 2.24) is 24.8 Å². The molecule has 0 radical (unpaired) electrons. The maximum absolute atomic E-state index is 11.8. The molecule has 0 unspecified atom stereocenters. The number of amides is 2. The highest BCUT2D eigenvalue weighted by atomic mass is 32.1. The normalized spacial score (nSPS) is 14.5. The maximum Gasteiger partial charge on any atom is 0.328 e. The van der Waals surface area contributed by atoms with Gasteiger partial charge < -0.3 is 4.90 Å². The average molecular weight is 307 g/mol. The zero-order valence-corrected chi connectivity index (χ0v) is 12.1. The van der Waals surface area contributed by atoms with Crippen molar-refractivity contribution in [3.8, 4) is 0 Å². The third-order valence-electron chi connectivity index (χ3n) is 3.00. The number of carbonyl (C=O) groups is 2. The molecule has 2 aromatic heterocycles. The van der Waals surface area contributed by atoms with Crippen LogP contribution >= 0.6 is 11.3 Å². The molecule has 9 nitrogen and oxygen atoms in total. The number of thiazole rings is 1. The van der Waals surface area contributed by atoms with E-state index < -0.39 is 11.8 Å². The topological polar surface area (TPSA) is 105 Å². The minimum absolute atomic E-state index is 0.444. The van der Waals surface area contributed by atoms with Gasteiger partial charge in [0, 0.05) is 24.4 Å². The Balaban J connectivity index is 1.63. The number of hydrogen-bond donors (Lipinski definition) is 2. The molecule has 2 aromatic rings. The molecule has 3 heterocycles. The molecular formula is C11H13N7O2S. The number of anilines is 1. The van der Waals surface area contributed by atoms with Crippen LogP contribution in [0.1, 0.15) is 10.6 Å². The van der Waals surface area contributed by atoms with Crippen molar-refractivity contribution in [2.24, 2.45) is 0 Å². The van der Waals surface area contributed by atoms with E-state index in [2.05, 4.69) is 30.8 Å². The van der Waals surface area contributed by atoms with Gasteiger partial charge in [-0.3, -0.25) is 20.3 Å². The predicted molar refractivity (Wildman–Crippen MR) is 75.2 cm³/mol. The minimum Gasteiger partial charge on any atom is -0.301 e. The second-order valence-corrected chi connectivity index (χ2v) is 5.72. The quantitative estimate of drug-likeness (QED) is 0.720. The fourth-order valence-electron chi connectivity index (χ4n) is 1.96. The summed E-state index contributed by atoms with van der Waals surface area (Å²) in [7, 11) is 2.04. The van der Waals surface area contributed by atoms with E-state index in [4.69, 9.17) is 0 Å². The Morgan fingerprint density at radius 3 is 2.81 bits per heavy atom. The van der Waals surface area contributed by atoms with Crippen LogP contribution in [0.2, 0.25) is 0 Å². The summed E-state index contributed by atoms with van der Waals surface area (Å²) in [5.41, 5.74) is 3.31. The van der Waals surface area contributed by atoms with Crippen molar-refractivity contribution in [3.05, 3.63) is 23.2 Å². The van der Waals surface area contributed by atoms with Crippen molar-refractivity contribution in [3.63, 3.8) is 0 Å². The van der Waals surface area contributed by atoms with E-state index in [-0.39, 0.29) is 0 Å². The smallest absolute Gasteiger partial charge is 0.301 e. The number of hydrogen-bond acceptors (Lipinski definition) is 7. The molecular weight excluding hydrogens is 294 g/mol. The number of aromatic nitrogens is 4. The summed E-state index contributed by atoms with van der Waals surface area (Å²) in [5.74, 6) is -1.58. The molecule has 0 saturated heterocycles. The van der Waals surface area contributed by atoms with E-state index >= 15 is 0 Å². The number of fused-ring (bicyclic) bond motifs is 1. The van der Waals surface area contributed by atoms with E-state index in [1.165, 1.54) is 28.7 Å². The molecule has 0 aromatic carbocycles. The van der Waals surface area contributed by atoms with Crippen LogP contribution in [-0.4, -0.2) is 50.2 Å². The SMILES string of the molecule is CN1CCc2nc(NC(=O)C(=O)Nn3cnnc3)sc2C1. The Morgan fingerprint density at radius 2 is 2.05 bits per heavy atom. The van der Waals surface area contributed by atoms with Gasteiger partial charge in [0.2, 0.25) is 0 Å². The molecule has 21 heavy (non-hydrogen) atoms. The molecule has 10 heteroatoms. The van der Waals surface area contributed by atoms with Crippen LogP contribution in [0.3, 0.4) is 0 Å². The van der Waals surface area contributed by atoms with Crippen molar-refractivity contribution >= 4 is 28.3 Å². The molecule has 0 bridgehead atoms. The third-order valence-corrected chi connectivity index (χ3v) is 4.00. The summed E-state index contributed by atoms with van der Waals surface area (Å²) >= 11 is 1.40. The number of nitrogens with one attached hydrogen (secondary N) is 2. The van der Waals surface area contributed by atoms with Gasteiger partial charge in [-0.25, -0.2) is 9.66 Å². The van der Waals surface area contributed by atoms with Gasteiger partial charge >= 0.3 is 11.8 Å². The summed E-state index contributed by atoms with van der Waals surface area (Å²) in [6.07, 6.45) is 3.41. The molecule has 2 amide bonds. The molecule has 0 saturated carbocycles. The first-order valence-corrected chi connectivity index (χ1v) is 7.07. The van der Waals surface area contributed by atoms with E-state index in [1.807, 2.05) is 7.05 Å². The molecule has 0 atom stereocenters. The summed E-state index contributed by atoms with van der Waals surface area (Å²) in [6, 6.07) is 0. The van der Waals surface area contributed by atoms with Crippen molar-refractivity contribution in [2.75, 3.05) is 24.3 Å². The predicted octanol–water partition coefficient (Wildman–Crippen LogP) is -0.569. The number of nitrogens with zero attached hydrogens (tertiary/aromatic N) is 5. The molecule has 0 spiro atoms. The molecule has 1 aliphatic heterocycles. The van der Waals surface area contributed by atoms with Crippen LogP contribution < -0.4 is 10.7 Å². The van der Waals surface area contributed by atoms with Gasteiger partial charge in [0.05, 0.1) is 5.69 Å². The Labute approximate surface area is 124 Å². The van der Waals surface area contributed by atoms with Gasteiger partial charge in [0.15, 0.2) is 5.13 Å². The summed E-state index contributed by atoms with van der Waals surface area (Å²) in [5, 5.41) is 10.00. The standard InChI is InChI=1S/C11H13N7O2S/c1-17-3-2-7-8(4-17)21-11(14-7)15-9(19)10(20)16-18-5-12-13-6-18/h5-6H,2-4H2,1H3,(H,16,20)(H,14,15,19). The lowest BCUT2D eigenvalue weighted by molar-refractivity contribution is -0.133. The maximum atomic E-state index is 11.8. The van der Waals surface area contributed by atoms with E-state index in [0.717, 1.165) is 30.1 Å². The Kier molecular flexibility index (Phi) is 3.62. The fraction of sp³-hybridized carbons (Fsp3) is 0.364. The van der Waals surface area contributed by atoms with E-state index in [9.17, 15) is 9.59 Å². The first kappa shape index (κ1) is 13.6. The van der Waals surface area contributed by atoms with Gasteiger partial charge in [-0.1, -0.05) is 0 Å². The van der Waals surface area contributed by atoms with E-state index in [0.29, 0.717) is 5.13 Å². The Hall–Kier alpha value is -2.33. The average Bonchev–Trinajstić information content (AvgIpc) is 3.07. The lowest BCUT2D eigenvalue weighted by Gasteiger charge is -2.20. The molecule has 0 aliphatic carbocycles. The summed E-state index contributed by atoms with van der Waals surface area (Å²) in [4.78, 5) is 31.1. The summed E-state index contributed by atoms with van der Waals surface area (Å²) in [6.45, 7) is 1.76. The first-order valence-electron chi connectivity index (χ1n) is 6.26. The second-order valence-electron chi connectivity index (χ2n) is 4.64. The van der Waals surface area contributed by atoms with Crippen molar-refractivity contribution in [2.45, 2.75) is 13.0 Å². The number of carbonyl (C=O) groups excluding carboxylic acids is 2. The lowest BCUT2D eigenvalue weighted by atomic mass is 10.2. The molecule has 2 N–H and O–H groups in total. The number of rotatable bonds is 2. The van der Waals surface area contributed by atoms with Crippen LogP contribution in [-0.2, 0) is 22.6 Å². The van der Waals surface area contributed by atoms with Gasteiger partial charge in [-0.15, -0.1) is 21.5 Å². The fourth-order valence-corrected chi connectivity index (χ4v) is 3.04. The second kappa shape index (κ2) is 5.58. The minimum atomic E-state index is -0.805. The molecule has 0 fully saturated rings. The van der Waals surface area contributed by atoms with Crippen LogP contribution in [0.15, 0.2) is 12.7 Å². The van der Waals surface area contributed by atoms with Crippen LogP contribution in [0.4, 0.5) is 5.13 Å². The zero-order valence-electron chi connectivity index (χ0n) is 11.2. The van der Waals surface area contributed by atoms with Crippen LogP contribution in [0.25, 0.3) is 0 Å². The van der Waals surface area contributed by atoms with Gasteiger partial charge in [0.25, 0.3) is 0 Å². The zero-order chi connectivity index (χ0) is 14.8. The summed E-state index contributed by atoms with van der Waals surface area (Å²) < 4.78 is 1.20. The van der Waals surface area contributed by atoms with Gasteiger partial charge in [0.1, 0.15) is 12.7 Å². The van der Waals surface area contributed by atoms with Crippen LogP contribution in [0.5, 0.6) is 0 Å². The van der Waals surface area contributed by atoms with Crippen molar-refractivity contribution in [1.29, 1.82) is 0 Å². The molecule has 3 rings (SSSR count). The van der Waals surface area contributed by atoms with E-state index in [1.54, 1.807) is 0 Å². The highest BCUT2D eigenvalue weighted by Crippen LogP contribution is 2.27. The highest BCUT2D eigenvalue weighted by Gasteiger charge is 2.21. The monoisotopic (exact) mass is 307 g/mol. The Morgan fingerprint density at radius 1 is 1.29 bits per heavy atom.